The van der Waals surface area contributed by atoms with Crippen LogP contribution in [0.2, 0.25) is 0 Å². The van der Waals surface area contributed by atoms with Crippen molar-refractivity contribution in [1.29, 1.82) is 10.5 Å². The van der Waals surface area contributed by atoms with E-state index in [9.17, 15) is 10.5 Å². The number of nitriles is 2. The van der Waals surface area contributed by atoms with Crippen molar-refractivity contribution >= 4 is 60.7 Å². The van der Waals surface area contributed by atoms with E-state index in [4.69, 9.17) is 19.7 Å². The van der Waals surface area contributed by atoms with E-state index in [1.165, 1.54) is 12.1 Å². The van der Waals surface area contributed by atoms with Gasteiger partial charge in [-0.3, -0.25) is 0 Å². The number of hydrogen-bond donors (Lipinski definition) is 0. The first-order chi connectivity index (χ1) is 31.1. The Kier molecular flexibility index (Phi) is 9.06. The summed E-state index contributed by atoms with van der Waals surface area (Å²) in [7, 11) is 0. The second kappa shape index (κ2) is 14.9. The molecule has 0 fully saturated rings. The highest BCUT2D eigenvalue weighted by atomic mass is 19.4. The standard InChI is InChI=1S/C54H26F3N7/c1-60-36-19-24-51(63-47-12-6-4-9-40(47)42-26-33(16-22-49(42)63)38-20-15-32(30-58)25-35(38)31-59)44(28-36)53-45(54(55,56)57)11-8-14-52(53)64-48-13-7-5-10-41(48)43-27-34(17-23-50(43)64)39-21-18-37(61-2)29-46(39)62-3/h4-29H. The summed E-state index contributed by atoms with van der Waals surface area (Å²) in [6, 6.07) is 49.5. The Bertz CT molecular complexity index is 3850. The molecule has 0 aliphatic carbocycles. The Labute approximate surface area is 364 Å². The zero-order valence-electron chi connectivity index (χ0n) is 33.3. The minimum absolute atomic E-state index is 0.119. The van der Waals surface area contributed by atoms with E-state index in [0.29, 0.717) is 66.9 Å². The third-order valence-electron chi connectivity index (χ3n) is 11.7. The maximum absolute atomic E-state index is 15.7. The molecule has 0 spiro atoms. The zero-order chi connectivity index (χ0) is 44.3. The SMILES string of the molecule is [C-]#[N+]c1ccc(-c2ccc3c(c2)c2ccccc2n3-c2cccc(C(F)(F)F)c2-c2cc([N+]#[C-])ccc2-n2c3ccccc3c3cc(-c4ccc(C#N)cc4C#N)ccc32)c([N+]#[C-])c1. The van der Waals surface area contributed by atoms with Crippen LogP contribution in [0.3, 0.4) is 0 Å². The molecule has 0 saturated heterocycles. The summed E-state index contributed by atoms with van der Waals surface area (Å²) in [5, 5.41) is 22.6. The molecule has 8 aromatic carbocycles. The first kappa shape index (κ1) is 38.8. The van der Waals surface area contributed by atoms with Crippen LogP contribution in [0.25, 0.3) is 103 Å². The quantitative estimate of drug-likeness (QED) is 0.162. The number of aromatic nitrogens is 2. The van der Waals surface area contributed by atoms with Crippen molar-refractivity contribution < 1.29 is 13.2 Å². The van der Waals surface area contributed by atoms with Gasteiger partial charge in [0.2, 0.25) is 0 Å². The molecule has 0 amide bonds. The highest BCUT2D eigenvalue weighted by Crippen LogP contribution is 2.48. The summed E-state index contributed by atoms with van der Waals surface area (Å²) in [5.74, 6) is 0. The van der Waals surface area contributed by atoms with Crippen molar-refractivity contribution in [3.05, 3.63) is 209 Å². The van der Waals surface area contributed by atoms with Gasteiger partial charge in [0.05, 0.1) is 82.0 Å². The lowest BCUT2D eigenvalue weighted by molar-refractivity contribution is -0.137. The highest BCUT2D eigenvalue weighted by molar-refractivity contribution is 6.13. The van der Waals surface area contributed by atoms with E-state index >= 15 is 13.2 Å². The molecule has 64 heavy (non-hydrogen) atoms. The second-order valence-electron chi connectivity index (χ2n) is 15.1. The lowest BCUT2D eigenvalue weighted by atomic mass is 9.94. The Hall–Kier alpha value is -9.40. The zero-order valence-corrected chi connectivity index (χ0v) is 33.3. The van der Waals surface area contributed by atoms with Gasteiger partial charge in [-0.05, 0) is 101 Å². The lowest BCUT2D eigenvalue weighted by Crippen LogP contribution is -2.11. The van der Waals surface area contributed by atoms with Gasteiger partial charge in [-0.25, -0.2) is 14.5 Å². The van der Waals surface area contributed by atoms with Gasteiger partial charge in [0, 0.05) is 27.1 Å². The minimum atomic E-state index is -4.81. The Morgan fingerprint density at radius 3 is 1.66 bits per heavy atom. The van der Waals surface area contributed by atoms with E-state index in [2.05, 4.69) is 26.7 Å². The summed E-state index contributed by atoms with van der Waals surface area (Å²) in [6.45, 7) is 23.3. The van der Waals surface area contributed by atoms with Crippen LogP contribution >= 0.6 is 0 Å². The molecule has 10 rings (SSSR count). The van der Waals surface area contributed by atoms with E-state index in [-0.39, 0.29) is 22.5 Å². The Morgan fingerprint density at radius 2 is 1.05 bits per heavy atom. The highest BCUT2D eigenvalue weighted by Gasteiger charge is 2.36. The minimum Gasteiger partial charge on any atom is -0.309 e. The summed E-state index contributed by atoms with van der Waals surface area (Å²) in [5.41, 5.74) is 6.72. The molecule has 10 aromatic rings. The number of benzene rings is 8. The molecule has 0 radical (unpaired) electrons. The van der Waals surface area contributed by atoms with Gasteiger partial charge in [0.1, 0.15) is 0 Å². The van der Waals surface area contributed by atoms with Crippen LogP contribution in [-0.2, 0) is 6.18 Å². The van der Waals surface area contributed by atoms with Crippen molar-refractivity contribution in [3.63, 3.8) is 0 Å². The van der Waals surface area contributed by atoms with E-state index in [1.54, 1.807) is 54.6 Å². The molecule has 0 aliphatic rings. The fourth-order valence-corrected chi connectivity index (χ4v) is 8.92. The molecule has 2 aromatic heterocycles. The maximum Gasteiger partial charge on any atom is 0.417 e. The number of rotatable bonds is 5. The summed E-state index contributed by atoms with van der Waals surface area (Å²) < 4.78 is 50.8. The topological polar surface area (TPSA) is 70.5 Å². The number of fused-ring (bicyclic) bond motifs is 6. The van der Waals surface area contributed by atoms with Gasteiger partial charge in [-0.1, -0.05) is 84.9 Å². The van der Waals surface area contributed by atoms with Gasteiger partial charge < -0.3 is 9.13 Å². The summed E-state index contributed by atoms with van der Waals surface area (Å²) in [4.78, 5) is 10.9. The lowest BCUT2D eigenvalue weighted by Gasteiger charge is -2.23. The number of alkyl halides is 3. The van der Waals surface area contributed by atoms with Crippen LogP contribution in [0.4, 0.5) is 30.2 Å². The molecular weight excluding hydrogens is 804 g/mol. The van der Waals surface area contributed by atoms with Crippen LogP contribution in [0.15, 0.2) is 158 Å². The summed E-state index contributed by atoms with van der Waals surface area (Å²) >= 11 is 0. The largest absolute Gasteiger partial charge is 0.417 e. The normalized spacial score (nSPS) is 11.3. The fourth-order valence-electron chi connectivity index (χ4n) is 8.92. The van der Waals surface area contributed by atoms with Gasteiger partial charge in [0.15, 0.2) is 17.1 Å². The number of hydrogen-bond acceptors (Lipinski definition) is 2. The molecular formula is C54H26F3N7. The molecule has 7 nitrogen and oxygen atoms in total. The van der Waals surface area contributed by atoms with Crippen LogP contribution in [0.1, 0.15) is 16.7 Å². The predicted octanol–water partition coefficient (Wildman–Crippen LogP) is 15.3. The Balaban J connectivity index is 1.26. The molecule has 0 atom stereocenters. The third-order valence-corrected chi connectivity index (χ3v) is 11.7. The van der Waals surface area contributed by atoms with Crippen molar-refractivity contribution in [2.45, 2.75) is 6.18 Å². The molecule has 298 valence electrons. The molecule has 0 aliphatic heterocycles. The molecule has 10 heteroatoms. The average Bonchev–Trinajstić information content (AvgIpc) is 3.84. The Morgan fingerprint density at radius 1 is 0.469 bits per heavy atom. The van der Waals surface area contributed by atoms with E-state index in [0.717, 1.165) is 33.2 Å². The van der Waals surface area contributed by atoms with Crippen LogP contribution in [0, 0.1) is 42.4 Å². The number of para-hydroxylation sites is 2. The van der Waals surface area contributed by atoms with Crippen molar-refractivity contribution in [1.82, 2.24) is 9.13 Å². The predicted molar refractivity (Wildman–Crippen MR) is 245 cm³/mol. The molecule has 0 bridgehead atoms. The van der Waals surface area contributed by atoms with Crippen LogP contribution in [0.5, 0.6) is 0 Å². The van der Waals surface area contributed by atoms with Crippen molar-refractivity contribution in [2.75, 3.05) is 0 Å². The monoisotopic (exact) mass is 829 g/mol. The first-order valence-electron chi connectivity index (χ1n) is 19.8. The van der Waals surface area contributed by atoms with Gasteiger partial charge in [-0.2, -0.15) is 23.7 Å². The fraction of sp³-hybridized carbons (Fsp3) is 0.0185. The third kappa shape index (κ3) is 6.09. The maximum atomic E-state index is 15.7. The van der Waals surface area contributed by atoms with E-state index in [1.807, 2.05) is 94.1 Å². The molecule has 0 N–H and O–H groups in total. The second-order valence-corrected chi connectivity index (χ2v) is 15.1. The van der Waals surface area contributed by atoms with E-state index < -0.39 is 11.7 Å². The molecule has 2 heterocycles. The molecule has 0 saturated carbocycles. The number of halogens is 3. The van der Waals surface area contributed by atoms with Gasteiger partial charge in [0.25, 0.3) is 0 Å². The van der Waals surface area contributed by atoms with Crippen molar-refractivity contribution in [2.24, 2.45) is 0 Å². The average molecular weight is 830 g/mol. The van der Waals surface area contributed by atoms with Crippen molar-refractivity contribution in [3.8, 4) is 56.9 Å². The molecule has 0 unspecified atom stereocenters. The van der Waals surface area contributed by atoms with Crippen LogP contribution < -0.4 is 0 Å². The van der Waals surface area contributed by atoms with Crippen LogP contribution in [-0.4, -0.2) is 9.13 Å². The van der Waals surface area contributed by atoms with Gasteiger partial charge >= 0.3 is 6.18 Å². The smallest absolute Gasteiger partial charge is 0.309 e. The van der Waals surface area contributed by atoms with Gasteiger partial charge in [-0.15, -0.1) is 0 Å². The number of nitrogens with zero attached hydrogens (tertiary/aromatic N) is 7. The summed E-state index contributed by atoms with van der Waals surface area (Å²) in [6.07, 6.45) is -4.81. The first-order valence-corrected chi connectivity index (χ1v) is 19.8.